The fourth-order valence-corrected chi connectivity index (χ4v) is 5.01. The van der Waals surface area contributed by atoms with Crippen LogP contribution in [-0.4, -0.2) is 49.7 Å². The summed E-state index contributed by atoms with van der Waals surface area (Å²) < 4.78 is 27.4. The van der Waals surface area contributed by atoms with Crippen molar-refractivity contribution in [1.29, 1.82) is 5.26 Å². The van der Waals surface area contributed by atoms with E-state index in [1.54, 1.807) is 12.1 Å². The zero-order valence-corrected chi connectivity index (χ0v) is 16.2. The second-order valence-corrected chi connectivity index (χ2v) is 8.64. The van der Waals surface area contributed by atoms with E-state index in [9.17, 15) is 13.2 Å². The molecule has 27 heavy (non-hydrogen) atoms. The fraction of sp³-hybridized carbons (Fsp3) is 0.400. The molecule has 7 heteroatoms. The van der Waals surface area contributed by atoms with Crippen LogP contribution < -0.4 is 0 Å². The third-order valence-electron chi connectivity index (χ3n) is 5.12. The topological polar surface area (TPSA) is 81.5 Å². The van der Waals surface area contributed by atoms with Crippen LogP contribution in [0.15, 0.2) is 47.4 Å². The molecule has 1 aliphatic rings. The van der Waals surface area contributed by atoms with Crippen molar-refractivity contribution in [2.75, 3.05) is 26.2 Å². The van der Waals surface area contributed by atoms with E-state index >= 15 is 0 Å². The van der Waals surface area contributed by atoms with Gasteiger partial charge in [0.05, 0.1) is 11.0 Å². The first-order valence-corrected chi connectivity index (χ1v) is 10.6. The van der Waals surface area contributed by atoms with Crippen LogP contribution in [0.4, 0.5) is 0 Å². The minimum Gasteiger partial charge on any atom is -0.329 e. The number of piperidine rings is 1. The van der Waals surface area contributed by atoms with Crippen LogP contribution in [0.5, 0.6) is 0 Å². The Kier molecular flexibility index (Phi) is 5.78. The predicted octanol–water partition coefficient (Wildman–Crippen LogP) is 2.61. The highest BCUT2D eigenvalue weighted by atomic mass is 32.2. The number of fused-ring (bicyclic) bond motifs is 1. The fourth-order valence-electron chi connectivity index (χ4n) is 3.51. The molecule has 3 rings (SSSR count). The van der Waals surface area contributed by atoms with Gasteiger partial charge in [0, 0.05) is 25.6 Å². The number of hydrogen-bond acceptors (Lipinski definition) is 4. The molecular formula is C20H23N3O3S. The first-order valence-electron chi connectivity index (χ1n) is 9.12. The Morgan fingerprint density at radius 1 is 1.19 bits per heavy atom. The summed E-state index contributed by atoms with van der Waals surface area (Å²) in [6.45, 7) is 3.03. The highest BCUT2D eigenvalue weighted by Gasteiger charge is 2.33. The van der Waals surface area contributed by atoms with Crippen molar-refractivity contribution in [3.8, 4) is 6.07 Å². The molecule has 1 saturated heterocycles. The third kappa shape index (κ3) is 3.97. The predicted molar refractivity (Wildman–Crippen MR) is 103 cm³/mol. The van der Waals surface area contributed by atoms with Gasteiger partial charge in [-0.05, 0) is 42.7 Å². The molecule has 0 unspecified atom stereocenters. The highest BCUT2D eigenvalue weighted by Crippen LogP contribution is 2.27. The summed E-state index contributed by atoms with van der Waals surface area (Å²) in [7, 11) is -3.58. The van der Waals surface area contributed by atoms with Crippen molar-refractivity contribution in [3.05, 3.63) is 42.5 Å². The maximum absolute atomic E-state index is 13.0. The maximum atomic E-state index is 13.0. The Morgan fingerprint density at radius 2 is 1.85 bits per heavy atom. The van der Waals surface area contributed by atoms with Crippen LogP contribution in [0.25, 0.3) is 10.8 Å². The molecule has 0 spiro atoms. The van der Waals surface area contributed by atoms with E-state index in [-0.39, 0.29) is 23.3 Å². The van der Waals surface area contributed by atoms with Crippen molar-refractivity contribution < 1.29 is 13.2 Å². The average molecular weight is 385 g/mol. The summed E-state index contributed by atoms with van der Waals surface area (Å²) in [5, 5.41) is 10.7. The Hall–Kier alpha value is -2.43. The van der Waals surface area contributed by atoms with E-state index in [0.717, 1.165) is 10.8 Å². The molecule has 142 valence electrons. The van der Waals surface area contributed by atoms with Crippen molar-refractivity contribution in [2.24, 2.45) is 5.92 Å². The summed E-state index contributed by atoms with van der Waals surface area (Å²) in [4.78, 5) is 14.3. The van der Waals surface area contributed by atoms with E-state index in [1.807, 2.05) is 43.3 Å². The highest BCUT2D eigenvalue weighted by molar-refractivity contribution is 7.89. The van der Waals surface area contributed by atoms with Gasteiger partial charge in [-0.1, -0.05) is 30.3 Å². The number of rotatable bonds is 5. The van der Waals surface area contributed by atoms with Crippen LogP contribution >= 0.6 is 0 Å². The van der Waals surface area contributed by atoms with Crippen molar-refractivity contribution in [2.45, 2.75) is 24.7 Å². The van der Waals surface area contributed by atoms with Crippen LogP contribution in [-0.2, 0) is 14.8 Å². The Labute approximate surface area is 160 Å². The van der Waals surface area contributed by atoms with Gasteiger partial charge < -0.3 is 4.90 Å². The van der Waals surface area contributed by atoms with Gasteiger partial charge >= 0.3 is 0 Å². The summed E-state index contributed by atoms with van der Waals surface area (Å²) in [6.07, 6.45) is 0.959. The van der Waals surface area contributed by atoms with E-state index in [2.05, 4.69) is 0 Å². The lowest BCUT2D eigenvalue weighted by Gasteiger charge is -2.32. The van der Waals surface area contributed by atoms with E-state index < -0.39 is 10.0 Å². The molecule has 1 amide bonds. The molecule has 0 aliphatic carbocycles. The molecule has 0 atom stereocenters. The molecule has 2 aromatic rings. The molecule has 0 saturated carbocycles. The number of nitriles is 1. The largest absolute Gasteiger partial charge is 0.329 e. The minimum atomic E-state index is -3.58. The standard InChI is InChI=1S/C20H23N3O3S/c1-2-22(14-11-21)20(24)17-9-12-23(13-10-17)27(25,26)19-8-7-16-5-3-4-6-18(16)15-19/h3-8,15,17H,2,9-10,12-14H2,1H3. The monoisotopic (exact) mass is 385 g/mol. The maximum Gasteiger partial charge on any atom is 0.243 e. The number of hydrogen-bond donors (Lipinski definition) is 0. The normalized spacial score (nSPS) is 16.1. The van der Waals surface area contributed by atoms with Crippen LogP contribution in [0, 0.1) is 17.2 Å². The number of sulfonamides is 1. The number of benzene rings is 2. The summed E-state index contributed by atoms with van der Waals surface area (Å²) in [5.41, 5.74) is 0. The summed E-state index contributed by atoms with van der Waals surface area (Å²) in [5.74, 6) is -0.275. The van der Waals surface area contributed by atoms with Crippen LogP contribution in [0.3, 0.4) is 0 Å². The van der Waals surface area contributed by atoms with E-state index in [0.29, 0.717) is 32.5 Å². The lowest BCUT2D eigenvalue weighted by atomic mass is 9.96. The van der Waals surface area contributed by atoms with E-state index in [4.69, 9.17) is 5.26 Å². The van der Waals surface area contributed by atoms with E-state index in [1.165, 1.54) is 9.21 Å². The van der Waals surface area contributed by atoms with Crippen molar-refractivity contribution >= 4 is 26.7 Å². The average Bonchev–Trinajstić information content (AvgIpc) is 2.71. The van der Waals surface area contributed by atoms with Crippen molar-refractivity contribution in [3.63, 3.8) is 0 Å². The Balaban J connectivity index is 1.72. The zero-order valence-electron chi connectivity index (χ0n) is 15.3. The van der Waals surface area contributed by atoms with Gasteiger partial charge in [0.25, 0.3) is 0 Å². The summed E-state index contributed by atoms with van der Waals surface area (Å²) in [6, 6.07) is 14.8. The Morgan fingerprint density at radius 3 is 2.48 bits per heavy atom. The van der Waals surface area contributed by atoms with Gasteiger partial charge in [-0.2, -0.15) is 9.57 Å². The smallest absolute Gasteiger partial charge is 0.243 e. The lowest BCUT2D eigenvalue weighted by molar-refractivity contribution is -0.135. The molecule has 0 bridgehead atoms. The van der Waals surface area contributed by atoms with Gasteiger partial charge in [-0.3, -0.25) is 4.79 Å². The summed E-state index contributed by atoms with van der Waals surface area (Å²) >= 11 is 0. The number of carbonyl (C=O) groups excluding carboxylic acids is 1. The molecule has 6 nitrogen and oxygen atoms in total. The van der Waals surface area contributed by atoms with Gasteiger partial charge in [-0.15, -0.1) is 0 Å². The molecule has 0 radical (unpaired) electrons. The first kappa shape index (κ1) is 19.3. The van der Waals surface area contributed by atoms with Gasteiger partial charge in [-0.25, -0.2) is 8.42 Å². The van der Waals surface area contributed by atoms with Gasteiger partial charge in [0.1, 0.15) is 6.54 Å². The molecule has 1 heterocycles. The number of nitrogens with zero attached hydrogens (tertiary/aromatic N) is 3. The first-order chi connectivity index (χ1) is 13.0. The van der Waals surface area contributed by atoms with Crippen LogP contribution in [0.1, 0.15) is 19.8 Å². The molecular weight excluding hydrogens is 362 g/mol. The van der Waals surface area contributed by atoms with Gasteiger partial charge in [0.2, 0.25) is 15.9 Å². The molecule has 1 aliphatic heterocycles. The third-order valence-corrected chi connectivity index (χ3v) is 7.01. The SMILES string of the molecule is CCN(CC#N)C(=O)C1CCN(S(=O)(=O)c2ccc3ccccc3c2)CC1. The molecule has 2 aromatic carbocycles. The van der Waals surface area contributed by atoms with Crippen LogP contribution in [0.2, 0.25) is 0 Å². The second kappa shape index (κ2) is 8.07. The lowest BCUT2D eigenvalue weighted by Crippen LogP contribution is -2.44. The number of carbonyl (C=O) groups is 1. The molecule has 1 fully saturated rings. The Bertz CT molecular complexity index is 973. The molecule has 0 aromatic heterocycles. The quantitative estimate of drug-likeness (QED) is 0.741. The molecule has 0 N–H and O–H groups in total. The minimum absolute atomic E-state index is 0.0539. The second-order valence-electron chi connectivity index (χ2n) is 6.70. The number of amides is 1. The van der Waals surface area contributed by atoms with Crippen molar-refractivity contribution in [1.82, 2.24) is 9.21 Å². The zero-order chi connectivity index (χ0) is 19.4. The van der Waals surface area contributed by atoms with Gasteiger partial charge in [0.15, 0.2) is 0 Å².